The molecule has 4 rings (SSSR count). The lowest BCUT2D eigenvalue weighted by molar-refractivity contribution is -0.144. The van der Waals surface area contributed by atoms with Crippen molar-refractivity contribution in [2.45, 2.75) is 43.2 Å². The molecule has 134 valence electrons. The third-order valence-electron chi connectivity index (χ3n) is 4.53. The van der Waals surface area contributed by atoms with Crippen molar-refractivity contribution < 1.29 is 17.9 Å². The van der Waals surface area contributed by atoms with Crippen LogP contribution in [0, 0.1) is 0 Å². The minimum atomic E-state index is -3.04. The summed E-state index contributed by atoms with van der Waals surface area (Å²) >= 11 is 3.08. The quantitative estimate of drug-likeness (QED) is 0.444. The summed E-state index contributed by atoms with van der Waals surface area (Å²) in [7, 11) is -3.04. The van der Waals surface area contributed by atoms with Crippen LogP contribution in [0.25, 0.3) is 10.2 Å². The Morgan fingerprint density at radius 2 is 2.16 bits per heavy atom. The largest absolute Gasteiger partial charge is 0.461 e. The first kappa shape index (κ1) is 17.2. The maximum atomic E-state index is 12.1. The van der Waals surface area contributed by atoms with Crippen molar-refractivity contribution in [3.8, 4) is 0 Å². The summed E-state index contributed by atoms with van der Waals surface area (Å²) in [6, 6.07) is 0. The lowest BCUT2D eigenvalue weighted by Gasteiger charge is -2.12. The van der Waals surface area contributed by atoms with E-state index in [1.807, 2.05) is 0 Å². The van der Waals surface area contributed by atoms with E-state index >= 15 is 0 Å². The maximum absolute atomic E-state index is 12.1. The Morgan fingerprint density at radius 3 is 2.96 bits per heavy atom. The third kappa shape index (κ3) is 3.68. The maximum Gasteiger partial charge on any atom is 0.316 e. The molecule has 1 fully saturated rings. The van der Waals surface area contributed by atoms with E-state index in [-0.39, 0.29) is 23.2 Å². The summed E-state index contributed by atoms with van der Waals surface area (Å²) in [5, 5.41) is 1.91. The van der Waals surface area contributed by atoms with Gasteiger partial charge in [-0.1, -0.05) is 11.8 Å². The van der Waals surface area contributed by atoms with Crippen molar-refractivity contribution in [2.24, 2.45) is 0 Å². The number of thioether (sulfide) groups is 1. The van der Waals surface area contributed by atoms with Gasteiger partial charge >= 0.3 is 5.97 Å². The van der Waals surface area contributed by atoms with Gasteiger partial charge in [0.1, 0.15) is 22.3 Å². The van der Waals surface area contributed by atoms with Crippen LogP contribution >= 0.6 is 23.1 Å². The van der Waals surface area contributed by atoms with Crippen LogP contribution in [-0.4, -0.2) is 47.7 Å². The molecule has 0 aromatic carbocycles. The highest BCUT2D eigenvalue weighted by Crippen LogP contribution is 2.39. The van der Waals surface area contributed by atoms with E-state index in [0.29, 0.717) is 6.42 Å². The summed E-state index contributed by atoms with van der Waals surface area (Å²) in [5.74, 6) is -0.207. The molecule has 2 aromatic heterocycles. The number of hydrogen-bond donors (Lipinski definition) is 0. The molecule has 1 atom stereocenters. The van der Waals surface area contributed by atoms with E-state index < -0.39 is 15.9 Å². The summed E-state index contributed by atoms with van der Waals surface area (Å²) in [6.07, 6.45) is 5.97. The topological polar surface area (TPSA) is 86.2 Å². The zero-order chi connectivity index (χ0) is 17.4. The van der Waals surface area contributed by atoms with Gasteiger partial charge in [-0.3, -0.25) is 4.79 Å². The number of sulfone groups is 1. The summed E-state index contributed by atoms with van der Waals surface area (Å²) < 4.78 is 28.2. The van der Waals surface area contributed by atoms with Crippen LogP contribution in [-0.2, 0) is 32.2 Å². The molecule has 1 saturated heterocycles. The minimum absolute atomic E-state index is 0.0564. The second-order valence-electron chi connectivity index (χ2n) is 6.37. The highest BCUT2D eigenvalue weighted by Gasteiger charge is 2.30. The van der Waals surface area contributed by atoms with Crippen LogP contribution in [0.4, 0.5) is 0 Å². The Bertz CT molecular complexity index is 923. The fourth-order valence-corrected chi connectivity index (χ4v) is 7.06. The summed E-state index contributed by atoms with van der Waals surface area (Å²) in [6.45, 7) is 0. The van der Waals surface area contributed by atoms with Gasteiger partial charge in [-0.2, -0.15) is 0 Å². The molecule has 3 heterocycles. The molecule has 0 bridgehead atoms. The van der Waals surface area contributed by atoms with E-state index in [1.54, 1.807) is 17.7 Å². The number of fused-ring (bicyclic) bond motifs is 3. The normalized spacial score (nSPS) is 22.0. The van der Waals surface area contributed by atoms with E-state index in [4.69, 9.17) is 4.74 Å². The highest BCUT2D eigenvalue weighted by atomic mass is 32.2. The molecule has 2 aromatic rings. The van der Waals surface area contributed by atoms with Crippen molar-refractivity contribution in [3.05, 3.63) is 16.8 Å². The Labute approximate surface area is 154 Å². The number of esters is 1. The highest BCUT2D eigenvalue weighted by molar-refractivity contribution is 8.00. The monoisotopic (exact) mass is 398 g/mol. The lowest BCUT2D eigenvalue weighted by atomic mass is 9.97. The predicted molar refractivity (Wildman–Crippen MR) is 97.9 cm³/mol. The van der Waals surface area contributed by atoms with Crippen molar-refractivity contribution in [1.82, 2.24) is 9.97 Å². The number of rotatable bonds is 4. The number of nitrogens with zero attached hydrogens (tertiary/aromatic N) is 2. The van der Waals surface area contributed by atoms with Gasteiger partial charge in [0.05, 0.1) is 17.3 Å². The molecular formula is C16H18N2O4S3. The van der Waals surface area contributed by atoms with Gasteiger partial charge in [0.2, 0.25) is 0 Å². The molecule has 0 radical (unpaired) electrons. The van der Waals surface area contributed by atoms with Gasteiger partial charge in [-0.15, -0.1) is 11.3 Å². The van der Waals surface area contributed by atoms with Gasteiger partial charge in [0.25, 0.3) is 0 Å². The molecule has 0 saturated carbocycles. The number of carbonyl (C=O) groups is 1. The van der Waals surface area contributed by atoms with Crippen LogP contribution in [0.3, 0.4) is 0 Å². The third-order valence-corrected chi connectivity index (χ3v) is 8.43. The van der Waals surface area contributed by atoms with Gasteiger partial charge in [-0.25, -0.2) is 18.4 Å². The Morgan fingerprint density at radius 1 is 1.32 bits per heavy atom. The van der Waals surface area contributed by atoms with Crippen LogP contribution in [0.15, 0.2) is 11.4 Å². The number of thiophene rings is 1. The lowest BCUT2D eigenvalue weighted by Crippen LogP contribution is -2.20. The predicted octanol–water partition coefficient (Wildman–Crippen LogP) is 2.39. The number of aromatic nitrogens is 2. The van der Waals surface area contributed by atoms with E-state index in [2.05, 4.69) is 9.97 Å². The zero-order valence-corrected chi connectivity index (χ0v) is 16.0. The Balaban J connectivity index is 1.46. The zero-order valence-electron chi connectivity index (χ0n) is 13.6. The average Bonchev–Trinajstić information content (AvgIpc) is 3.12. The number of ether oxygens (including phenoxy) is 1. The molecule has 0 amide bonds. The molecule has 25 heavy (non-hydrogen) atoms. The first-order valence-electron chi connectivity index (χ1n) is 8.30. The second-order valence-corrected chi connectivity index (χ2v) is 10.6. The molecule has 2 aliphatic rings. The van der Waals surface area contributed by atoms with Gasteiger partial charge in [-0.05, 0) is 37.7 Å². The number of hydrogen-bond acceptors (Lipinski definition) is 8. The average molecular weight is 399 g/mol. The van der Waals surface area contributed by atoms with E-state index in [1.165, 1.54) is 35.0 Å². The van der Waals surface area contributed by atoms with Crippen molar-refractivity contribution >= 4 is 49.1 Å². The van der Waals surface area contributed by atoms with Crippen molar-refractivity contribution in [3.63, 3.8) is 0 Å². The number of carbonyl (C=O) groups excluding carboxylic acids is 1. The molecule has 0 unspecified atom stereocenters. The number of aryl methyl sites for hydroxylation is 2. The first-order chi connectivity index (χ1) is 12.0. The standard InChI is InChI=1S/C16H18N2O4S3/c19-13(22-10-5-6-25(20,21)8-10)7-23-15-14-11-3-1-2-4-12(11)24-16(14)18-9-17-15/h9-10H,1-8H2/t10-/m1/s1. The van der Waals surface area contributed by atoms with Crippen LogP contribution in [0.5, 0.6) is 0 Å². The molecule has 6 nitrogen and oxygen atoms in total. The SMILES string of the molecule is O=C(CSc1ncnc2sc3c(c12)CCCC3)O[C@@H]1CCS(=O)(=O)C1. The molecule has 1 aliphatic heterocycles. The van der Waals surface area contributed by atoms with Crippen LogP contribution < -0.4 is 0 Å². The molecule has 9 heteroatoms. The minimum Gasteiger partial charge on any atom is -0.461 e. The molecule has 1 aliphatic carbocycles. The summed E-state index contributed by atoms with van der Waals surface area (Å²) in [4.78, 5) is 23.2. The van der Waals surface area contributed by atoms with Crippen LogP contribution in [0.1, 0.15) is 29.7 Å². The molecular weight excluding hydrogens is 380 g/mol. The fraction of sp³-hybridized carbons (Fsp3) is 0.562. The second kappa shape index (κ2) is 6.85. The fourth-order valence-electron chi connectivity index (χ4n) is 3.37. The van der Waals surface area contributed by atoms with Crippen molar-refractivity contribution in [1.29, 1.82) is 0 Å². The Kier molecular flexibility index (Phi) is 4.72. The summed E-state index contributed by atoms with van der Waals surface area (Å²) in [5.41, 5.74) is 1.34. The first-order valence-corrected chi connectivity index (χ1v) is 11.9. The van der Waals surface area contributed by atoms with E-state index in [9.17, 15) is 13.2 Å². The Hall–Kier alpha value is -1.19. The van der Waals surface area contributed by atoms with Crippen molar-refractivity contribution in [2.75, 3.05) is 17.3 Å². The van der Waals surface area contributed by atoms with Gasteiger partial charge in [0.15, 0.2) is 9.84 Å². The van der Waals surface area contributed by atoms with E-state index in [0.717, 1.165) is 28.1 Å². The molecule has 0 spiro atoms. The van der Waals surface area contributed by atoms with Gasteiger partial charge < -0.3 is 4.74 Å². The van der Waals surface area contributed by atoms with Crippen LogP contribution in [0.2, 0.25) is 0 Å². The molecule has 0 N–H and O–H groups in total. The smallest absolute Gasteiger partial charge is 0.316 e. The van der Waals surface area contributed by atoms with Gasteiger partial charge in [0, 0.05) is 10.3 Å².